The van der Waals surface area contributed by atoms with Crippen LogP contribution in [0.3, 0.4) is 0 Å². The van der Waals surface area contributed by atoms with Crippen LogP contribution < -0.4 is 15.4 Å². The van der Waals surface area contributed by atoms with Crippen LogP contribution in [0.15, 0.2) is 22.7 Å². The molecule has 100 valence electrons. The smallest absolute Gasteiger partial charge is 0.286 e. The number of carbonyl (C=O) groups excluding carboxylic acids is 1. The maximum atomic E-state index is 11.9. The lowest BCUT2D eigenvalue weighted by molar-refractivity contribution is 0.102. The SMILES string of the molecule is CNc1nnc(C(=O)Nc2ccc(Br)c(OC)c2)s1. The van der Waals surface area contributed by atoms with Gasteiger partial charge in [-0.1, -0.05) is 11.3 Å². The number of methoxy groups -OCH3 is 1. The first kappa shape index (κ1) is 13.8. The van der Waals surface area contributed by atoms with E-state index in [-0.39, 0.29) is 5.91 Å². The summed E-state index contributed by atoms with van der Waals surface area (Å²) in [7, 11) is 3.29. The number of hydrogen-bond donors (Lipinski definition) is 2. The van der Waals surface area contributed by atoms with Crippen molar-refractivity contribution in [2.24, 2.45) is 0 Å². The van der Waals surface area contributed by atoms with Crippen molar-refractivity contribution in [3.63, 3.8) is 0 Å². The fourth-order valence-corrected chi connectivity index (χ4v) is 2.34. The van der Waals surface area contributed by atoms with Crippen molar-refractivity contribution in [1.29, 1.82) is 0 Å². The van der Waals surface area contributed by atoms with Crippen molar-refractivity contribution in [2.75, 3.05) is 24.8 Å². The first-order chi connectivity index (χ1) is 9.13. The van der Waals surface area contributed by atoms with Gasteiger partial charge in [0.05, 0.1) is 11.6 Å². The zero-order valence-electron chi connectivity index (χ0n) is 10.2. The second-order valence-corrected chi connectivity index (χ2v) is 5.30. The number of carbonyl (C=O) groups is 1. The van der Waals surface area contributed by atoms with Crippen LogP contribution in [-0.2, 0) is 0 Å². The van der Waals surface area contributed by atoms with E-state index in [9.17, 15) is 4.79 Å². The average Bonchev–Trinajstić information content (AvgIpc) is 2.90. The van der Waals surface area contributed by atoms with Crippen molar-refractivity contribution in [3.05, 3.63) is 27.7 Å². The molecule has 8 heteroatoms. The summed E-state index contributed by atoms with van der Waals surface area (Å²) in [4.78, 5) is 11.9. The molecular formula is C11H11BrN4O2S. The molecule has 0 spiro atoms. The Labute approximate surface area is 122 Å². The van der Waals surface area contributed by atoms with E-state index in [1.54, 1.807) is 32.4 Å². The van der Waals surface area contributed by atoms with Crippen molar-refractivity contribution < 1.29 is 9.53 Å². The van der Waals surface area contributed by atoms with E-state index < -0.39 is 0 Å². The summed E-state index contributed by atoms with van der Waals surface area (Å²) in [6.45, 7) is 0. The summed E-state index contributed by atoms with van der Waals surface area (Å²) in [5, 5.41) is 14.1. The first-order valence-corrected chi connectivity index (χ1v) is 6.91. The van der Waals surface area contributed by atoms with Crippen LogP contribution in [0.25, 0.3) is 0 Å². The number of halogens is 1. The van der Waals surface area contributed by atoms with E-state index in [0.29, 0.717) is 21.6 Å². The number of aromatic nitrogens is 2. The van der Waals surface area contributed by atoms with Gasteiger partial charge in [-0.2, -0.15) is 0 Å². The maximum absolute atomic E-state index is 11.9. The Morgan fingerprint density at radius 3 is 2.84 bits per heavy atom. The van der Waals surface area contributed by atoms with Crippen LogP contribution in [0.4, 0.5) is 10.8 Å². The zero-order chi connectivity index (χ0) is 13.8. The molecule has 0 fully saturated rings. The highest BCUT2D eigenvalue weighted by Crippen LogP contribution is 2.28. The Morgan fingerprint density at radius 1 is 1.42 bits per heavy atom. The Morgan fingerprint density at radius 2 is 2.21 bits per heavy atom. The predicted octanol–water partition coefficient (Wildman–Crippen LogP) is 2.60. The summed E-state index contributed by atoms with van der Waals surface area (Å²) in [5.41, 5.74) is 0.631. The van der Waals surface area contributed by atoms with E-state index in [2.05, 4.69) is 36.8 Å². The van der Waals surface area contributed by atoms with Gasteiger partial charge in [-0.25, -0.2) is 0 Å². The highest BCUT2D eigenvalue weighted by molar-refractivity contribution is 9.10. The molecule has 19 heavy (non-hydrogen) atoms. The fourth-order valence-electron chi connectivity index (χ4n) is 1.34. The molecule has 2 N–H and O–H groups in total. The zero-order valence-corrected chi connectivity index (χ0v) is 12.6. The topological polar surface area (TPSA) is 76.1 Å². The summed E-state index contributed by atoms with van der Waals surface area (Å²) in [6, 6.07) is 5.29. The van der Waals surface area contributed by atoms with Crippen LogP contribution >= 0.6 is 27.3 Å². The van der Waals surface area contributed by atoms with Crippen molar-refractivity contribution >= 4 is 44.0 Å². The third kappa shape index (κ3) is 3.21. The molecule has 0 unspecified atom stereocenters. The van der Waals surface area contributed by atoms with Gasteiger partial charge < -0.3 is 15.4 Å². The molecule has 0 saturated carbocycles. The third-order valence-corrected chi connectivity index (χ3v) is 3.84. The molecule has 0 aliphatic rings. The van der Waals surface area contributed by atoms with E-state index in [1.165, 1.54) is 11.3 Å². The second-order valence-electron chi connectivity index (χ2n) is 3.47. The molecule has 6 nitrogen and oxygen atoms in total. The quantitative estimate of drug-likeness (QED) is 0.893. The molecule has 1 amide bonds. The molecular weight excluding hydrogens is 332 g/mol. The van der Waals surface area contributed by atoms with Crippen molar-refractivity contribution in [1.82, 2.24) is 10.2 Å². The molecule has 0 aliphatic carbocycles. The van der Waals surface area contributed by atoms with Crippen LogP contribution in [-0.4, -0.2) is 30.3 Å². The minimum absolute atomic E-state index is 0.297. The monoisotopic (exact) mass is 342 g/mol. The summed E-state index contributed by atoms with van der Waals surface area (Å²) in [6.07, 6.45) is 0. The Hall–Kier alpha value is -1.67. The number of hydrogen-bond acceptors (Lipinski definition) is 6. The van der Waals surface area contributed by atoms with E-state index in [0.717, 1.165) is 4.47 Å². The minimum Gasteiger partial charge on any atom is -0.495 e. The van der Waals surface area contributed by atoms with Gasteiger partial charge in [0.15, 0.2) is 0 Å². The predicted molar refractivity (Wildman–Crippen MR) is 78.1 cm³/mol. The Kier molecular flexibility index (Phi) is 4.33. The fraction of sp³-hybridized carbons (Fsp3) is 0.182. The van der Waals surface area contributed by atoms with Crippen LogP contribution in [0.2, 0.25) is 0 Å². The minimum atomic E-state index is -0.302. The van der Waals surface area contributed by atoms with Crippen LogP contribution in [0.5, 0.6) is 5.75 Å². The molecule has 0 radical (unpaired) electrons. The number of nitrogens with one attached hydrogen (secondary N) is 2. The number of amides is 1. The van der Waals surface area contributed by atoms with E-state index in [1.807, 2.05) is 0 Å². The summed E-state index contributed by atoms with van der Waals surface area (Å²) < 4.78 is 5.98. The highest BCUT2D eigenvalue weighted by Gasteiger charge is 2.13. The van der Waals surface area contributed by atoms with Crippen LogP contribution in [0, 0.1) is 0 Å². The number of nitrogens with zero attached hydrogens (tertiary/aromatic N) is 2. The molecule has 0 bridgehead atoms. The molecule has 0 atom stereocenters. The van der Waals surface area contributed by atoms with Crippen molar-refractivity contribution in [3.8, 4) is 5.75 Å². The van der Waals surface area contributed by atoms with Gasteiger partial charge in [0.2, 0.25) is 10.1 Å². The summed E-state index contributed by atoms with van der Waals surface area (Å²) >= 11 is 4.54. The lowest BCUT2D eigenvalue weighted by Gasteiger charge is -2.07. The van der Waals surface area contributed by atoms with Gasteiger partial charge in [-0.3, -0.25) is 4.79 Å². The lowest BCUT2D eigenvalue weighted by Crippen LogP contribution is -2.11. The van der Waals surface area contributed by atoms with Gasteiger partial charge in [0.25, 0.3) is 5.91 Å². The largest absolute Gasteiger partial charge is 0.495 e. The molecule has 1 heterocycles. The molecule has 2 aromatic rings. The number of benzene rings is 1. The molecule has 1 aromatic carbocycles. The van der Waals surface area contributed by atoms with E-state index in [4.69, 9.17) is 4.74 Å². The molecule has 1 aromatic heterocycles. The number of ether oxygens (including phenoxy) is 1. The maximum Gasteiger partial charge on any atom is 0.286 e. The van der Waals surface area contributed by atoms with Crippen LogP contribution in [0.1, 0.15) is 9.80 Å². The van der Waals surface area contributed by atoms with Crippen molar-refractivity contribution in [2.45, 2.75) is 0 Å². The number of anilines is 2. The number of rotatable bonds is 4. The normalized spacial score (nSPS) is 10.1. The summed E-state index contributed by atoms with van der Waals surface area (Å²) in [5.74, 6) is 0.342. The standard InChI is InChI=1S/C11H11BrN4O2S/c1-13-11-16-15-10(19-11)9(17)14-6-3-4-7(12)8(5-6)18-2/h3-5H,1-2H3,(H,13,16)(H,14,17). The van der Waals surface area contributed by atoms with Gasteiger partial charge in [-0.05, 0) is 28.1 Å². The molecule has 0 aliphatic heterocycles. The van der Waals surface area contributed by atoms with E-state index >= 15 is 0 Å². The molecule has 0 saturated heterocycles. The Bertz CT molecular complexity index is 602. The Balaban J connectivity index is 2.14. The van der Waals surface area contributed by atoms with Gasteiger partial charge in [0.1, 0.15) is 5.75 Å². The lowest BCUT2D eigenvalue weighted by atomic mass is 10.3. The third-order valence-electron chi connectivity index (χ3n) is 2.24. The van der Waals surface area contributed by atoms with Gasteiger partial charge >= 0.3 is 0 Å². The highest BCUT2D eigenvalue weighted by atomic mass is 79.9. The first-order valence-electron chi connectivity index (χ1n) is 5.30. The second kappa shape index (κ2) is 5.98. The molecule has 2 rings (SSSR count). The van der Waals surface area contributed by atoms with Gasteiger partial charge in [-0.15, -0.1) is 10.2 Å². The average molecular weight is 343 g/mol. The van der Waals surface area contributed by atoms with Gasteiger partial charge in [0, 0.05) is 18.8 Å².